The van der Waals surface area contributed by atoms with Crippen molar-refractivity contribution >= 4 is 40.1 Å². The van der Waals surface area contributed by atoms with Gasteiger partial charge in [-0.15, -0.1) is 0 Å². The summed E-state index contributed by atoms with van der Waals surface area (Å²) in [7, 11) is 1.85. The summed E-state index contributed by atoms with van der Waals surface area (Å²) in [4.78, 5) is 0. The molecule has 0 amide bonds. The van der Waals surface area contributed by atoms with E-state index in [0.29, 0.717) is 0 Å². The zero-order chi connectivity index (χ0) is 20.4. The minimum atomic E-state index is -0.362. The molecule has 1 unspecified atom stereocenters. The van der Waals surface area contributed by atoms with Crippen molar-refractivity contribution < 1.29 is 4.57 Å². The van der Waals surface area contributed by atoms with Crippen molar-refractivity contribution in [1.82, 2.24) is 0 Å². The van der Waals surface area contributed by atoms with Crippen LogP contribution in [0, 0.1) is 12.8 Å². The van der Waals surface area contributed by atoms with Crippen molar-refractivity contribution in [3.63, 3.8) is 0 Å². The number of rotatable bonds is 2. The third-order valence-electron chi connectivity index (χ3n) is 7.52. The molecule has 0 bridgehead atoms. The lowest BCUT2D eigenvalue weighted by atomic mass is 9.92. The molecule has 1 atom stereocenters. The first-order valence-corrected chi connectivity index (χ1v) is 13.1. The summed E-state index contributed by atoms with van der Waals surface area (Å²) in [6.45, 7) is 4.80. The van der Waals surface area contributed by atoms with Gasteiger partial charge < -0.3 is 0 Å². The molecular formula is C28H29NP+. The van der Waals surface area contributed by atoms with Gasteiger partial charge >= 0.3 is 0 Å². The van der Waals surface area contributed by atoms with Gasteiger partial charge in [-0.25, -0.2) is 4.57 Å². The fraction of sp³-hybridized carbons (Fsp3) is 0.321. The molecule has 4 aromatic rings. The molecule has 1 aliphatic carbocycles. The van der Waals surface area contributed by atoms with Gasteiger partial charge in [-0.2, -0.15) is 0 Å². The van der Waals surface area contributed by atoms with Crippen molar-refractivity contribution in [2.24, 2.45) is 13.0 Å². The predicted octanol–water partition coefficient (Wildman–Crippen LogP) is 5.90. The fourth-order valence-corrected chi connectivity index (χ4v) is 8.11. The molecule has 6 rings (SSSR count). The van der Waals surface area contributed by atoms with E-state index in [2.05, 4.69) is 79.9 Å². The normalized spacial score (nSPS) is 18.3. The Hall–Kier alpha value is -2.24. The summed E-state index contributed by atoms with van der Waals surface area (Å²) in [5, 5.41) is 8.83. The number of benzene rings is 3. The van der Waals surface area contributed by atoms with Crippen molar-refractivity contribution in [3.8, 4) is 11.3 Å². The topological polar surface area (TPSA) is 3.88 Å². The number of fused-ring (bicyclic) bond motifs is 3. The maximum atomic E-state index is 2.57. The number of pyridine rings is 1. The monoisotopic (exact) mass is 410 g/mol. The molecule has 1 nitrogen and oxygen atoms in total. The van der Waals surface area contributed by atoms with E-state index in [-0.39, 0.29) is 7.92 Å². The Labute approximate surface area is 180 Å². The second-order valence-corrected chi connectivity index (χ2v) is 11.5. The van der Waals surface area contributed by atoms with E-state index in [0.717, 1.165) is 5.92 Å². The minimum absolute atomic E-state index is 0.362. The van der Waals surface area contributed by atoms with Gasteiger partial charge in [0.05, 0.1) is 10.9 Å². The predicted molar refractivity (Wildman–Crippen MR) is 131 cm³/mol. The fourth-order valence-electron chi connectivity index (χ4n) is 5.98. The first-order valence-electron chi connectivity index (χ1n) is 11.3. The van der Waals surface area contributed by atoms with Crippen molar-refractivity contribution in [3.05, 3.63) is 65.9 Å². The average molecular weight is 411 g/mol. The molecule has 0 saturated heterocycles. The number of aromatic nitrogens is 1. The van der Waals surface area contributed by atoms with Crippen LogP contribution in [0.3, 0.4) is 0 Å². The zero-order valence-corrected chi connectivity index (χ0v) is 19.1. The second-order valence-electron chi connectivity index (χ2n) is 9.38. The summed E-state index contributed by atoms with van der Waals surface area (Å²) in [5.74, 6) is 0.888. The second kappa shape index (κ2) is 6.89. The van der Waals surface area contributed by atoms with Crippen LogP contribution in [-0.4, -0.2) is 6.66 Å². The standard InChI is InChI=1S/C28H29NP/c1-18-23-11-7-6-10-21(23)17-25-26(18)28-27-22(12-13-29(28)2)15-20(16-24(27)30(25)3)14-19-8-4-5-9-19/h6-7,10-13,15-17,19H,4-5,8-9,14H2,1-3H3/q+1. The molecule has 150 valence electrons. The van der Waals surface area contributed by atoms with Gasteiger partial charge in [0.15, 0.2) is 6.20 Å². The van der Waals surface area contributed by atoms with E-state index in [1.807, 2.05) is 0 Å². The Morgan fingerprint density at radius 1 is 0.967 bits per heavy atom. The molecule has 2 heterocycles. The van der Waals surface area contributed by atoms with E-state index in [1.165, 1.54) is 70.5 Å². The van der Waals surface area contributed by atoms with Crippen LogP contribution < -0.4 is 15.2 Å². The quantitative estimate of drug-likeness (QED) is 0.286. The molecule has 1 aliphatic heterocycles. The van der Waals surface area contributed by atoms with Gasteiger partial charge in [0.2, 0.25) is 5.69 Å². The molecule has 0 N–H and O–H groups in total. The number of nitrogens with zero attached hydrogens (tertiary/aromatic N) is 1. The summed E-state index contributed by atoms with van der Waals surface area (Å²) in [5.41, 5.74) is 5.88. The highest BCUT2D eigenvalue weighted by molar-refractivity contribution is 7.73. The molecule has 1 aromatic heterocycles. The SMILES string of the molecule is Cc1c2c(cc3ccccc13)P(C)c1cc(CC3CCCC3)cc3cc[n+](C)c-2c13. The Bertz CT molecular complexity index is 1310. The Morgan fingerprint density at radius 2 is 1.77 bits per heavy atom. The molecule has 0 spiro atoms. The van der Waals surface area contributed by atoms with Crippen LogP contribution >= 0.6 is 7.92 Å². The zero-order valence-electron chi connectivity index (χ0n) is 18.2. The number of hydrogen-bond donors (Lipinski definition) is 0. The summed E-state index contributed by atoms with van der Waals surface area (Å²) < 4.78 is 2.35. The third-order valence-corrected chi connectivity index (χ3v) is 9.67. The lowest BCUT2D eigenvalue weighted by Crippen LogP contribution is -2.36. The Morgan fingerprint density at radius 3 is 2.60 bits per heavy atom. The third kappa shape index (κ3) is 2.68. The van der Waals surface area contributed by atoms with Gasteiger partial charge in [0, 0.05) is 6.07 Å². The lowest BCUT2D eigenvalue weighted by molar-refractivity contribution is -0.659. The van der Waals surface area contributed by atoms with Crippen LogP contribution in [0.1, 0.15) is 36.8 Å². The largest absolute Gasteiger partial charge is 0.221 e. The first-order chi connectivity index (χ1) is 14.6. The molecule has 1 saturated carbocycles. The van der Waals surface area contributed by atoms with E-state index in [1.54, 1.807) is 16.2 Å². The van der Waals surface area contributed by atoms with Crippen molar-refractivity contribution in [2.75, 3.05) is 6.66 Å². The molecule has 2 heteroatoms. The molecule has 0 radical (unpaired) electrons. The molecule has 2 aliphatic rings. The van der Waals surface area contributed by atoms with E-state index >= 15 is 0 Å². The lowest BCUT2D eigenvalue weighted by Gasteiger charge is -2.27. The van der Waals surface area contributed by atoms with Crippen molar-refractivity contribution in [1.29, 1.82) is 0 Å². The first kappa shape index (κ1) is 18.5. The highest BCUT2D eigenvalue weighted by atomic mass is 31.1. The van der Waals surface area contributed by atoms with E-state index < -0.39 is 0 Å². The summed E-state index contributed by atoms with van der Waals surface area (Å²) in [6.07, 6.45) is 9.19. The molecular weight excluding hydrogens is 381 g/mol. The van der Waals surface area contributed by atoms with Gasteiger partial charge in [0.25, 0.3) is 0 Å². The Balaban J connectivity index is 1.65. The van der Waals surface area contributed by atoms with Gasteiger partial charge in [0.1, 0.15) is 7.05 Å². The smallest absolute Gasteiger partial charge is 0.200 e. The van der Waals surface area contributed by atoms with Crippen LogP contribution in [0.15, 0.2) is 54.7 Å². The summed E-state index contributed by atoms with van der Waals surface area (Å²) >= 11 is 0. The highest BCUT2D eigenvalue weighted by Gasteiger charge is 2.32. The molecule has 1 fully saturated rings. The summed E-state index contributed by atoms with van der Waals surface area (Å²) in [6, 6.07) is 18.8. The number of hydrogen-bond acceptors (Lipinski definition) is 0. The van der Waals surface area contributed by atoms with E-state index in [4.69, 9.17) is 0 Å². The van der Waals surface area contributed by atoms with Crippen LogP contribution in [0.4, 0.5) is 0 Å². The van der Waals surface area contributed by atoms with Crippen LogP contribution in [0.5, 0.6) is 0 Å². The van der Waals surface area contributed by atoms with Gasteiger partial charge in [-0.3, -0.25) is 0 Å². The maximum Gasteiger partial charge on any atom is 0.221 e. The van der Waals surface area contributed by atoms with Crippen LogP contribution in [-0.2, 0) is 13.5 Å². The van der Waals surface area contributed by atoms with Crippen LogP contribution in [0.25, 0.3) is 32.8 Å². The van der Waals surface area contributed by atoms with Gasteiger partial charge in [-0.1, -0.05) is 62.1 Å². The minimum Gasteiger partial charge on any atom is -0.200 e. The number of aryl methyl sites for hydroxylation is 2. The molecule has 3 aromatic carbocycles. The Kier molecular flexibility index (Phi) is 4.26. The van der Waals surface area contributed by atoms with Crippen LogP contribution in [0.2, 0.25) is 0 Å². The average Bonchev–Trinajstić information content (AvgIpc) is 3.26. The van der Waals surface area contributed by atoms with Crippen molar-refractivity contribution in [2.45, 2.75) is 39.0 Å². The van der Waals surface area contributed by atoms with Gasteiger partial charge in [-0.05, 0) is 77.8 Å². The van der Waals surface area contributed by atoms with E-state index in [9.17, 15) is 0 Å². The maximum absolute atomic E-state index is 2.57. The molecule has 30 heavy (non-hydrogen) atoms. The highest BCUT2D eigenvalue weighted by Crippen LogP contribution is 2.46.